The Balaban J connectivity index is 2.48. The molecule has 0 heterocycles. The Hall–Kier alpha value is -0.610. The number of aryl methyl sites for hydroxylation is 1. The minimum absolute atomic E-state index is 0.396. The Bertz CT molecular complexity index is 398. The van der Waals surface area contributed by atoms with E-state index in [9.17, 15) is 0 Å². The molecule has 1 N–H and O–H groups in total. The van der Waals surface area contributed by atoms with Crippen molar-refractivity contribution in [2.45, 2.75) is 39.2 Å². The van der Waals surface area contributed by atoms with E-state index in [4.69, 9.17) is 21.1 Å². The molecule has 0 aliphatic rings. The summed E-state index contributed by atoms with van der Waals surface area (Å²) in [6.45, 7) is 7.31. The summed E-state index contributed by atoms with van der Waals surface area (Å²) in [5, 5.41) is 4.44. The summed E-state index contributed by atoms with van der Waals surface area (Å²) >= 11 is 6.33. The summed E-state index contributed by atoms with van der Waals surface area (Å²) in [6.07, 6.45) is 3.04. The molecule has 1 rings (SSSR count). The van der Waals surface area contributed by atoms with Crippen molar-refractivity contribution in [1.82, 2.24) is 5.32 Å². The van der Waals surface area contributed by atoms with Gasteiger partial charge in [0.1, 0.15) is 0 Å². The monoisotopic (exact) mass is 313 g/mol. The Labute approximate surface area is 134 Å². The standard InChI is InChI=1S/C17H28ClNO2/c1-4-8-19-16(7-9-21-11-10-20-3)13-15-6-5-14(2)12-17(15)18/h5-6,12,16,19H,4,7-11,13H2,1-3H3. The zero-order valence-corrected chi connectivity index (χ0v) is 14.2. The maximum Gasteiger partial charge on any atom is 0.0700 e. The number of ether oxygens (including phenoxy) is 2. The molecule has 1 unspecified atom stereocenters. The lowest BCUT2D eigenvalue weighted by Crippen LogP contribution is -2.33. The molecule has 0 amide bonds. The maximum absolute atomic E-state index is 6.33. The van der Waals surface area contributed by atoms with Gasteiger partial charge in [0, 0.05) is 24.8 Å². The lowest BCUT2D eigenvalue weighted by Gasteiger charge is -2.19. The van der Waals surface area contributed by atoms with E-state index in [0.29, 0.717) is 19.3 Å². The van der Waals surface area contributed by atoms with E-state index >= 15 is 0 Å². The summed E-state index contributed by atoms with van der Waals surface area (Å²) in [4.78, 5) is 0. The molecule has 0 fully saturated rings. The summed E-state index contributed by atoms with van der Waals surface area (Å²) in [6, 6.07) is 6.67. The summed E-state index contributed by atoms with van der Waals surface area (Å²) in [5.41, 5.74) is 2.40. The number of nitrogens with one attached hydrogen (secondary N) is 1. The lowest BCUT2D eigenvalue weighted by atomic mass is 10.0. The van der Waals surface area contributed by atoms with Crippen LogP contribution in [0.5, 0.6) is 0 Å². The number of hydrogen-bond donors (Lipinski definition) is 1. The van der Waals surface area contributed by atoms with Gasteiger partial charge in [-0.05, 0) is 49.9 Å². The molecule has 1 aromatic carbocycles. The van der Waals surface area contributed by atoms with E-state index in [-0.39, 0.29) is 0 Å². The van der Waals surface area contributed by atoms with Crippen LogP contribution in [0.3, 0.4) is 0 Å². The molecule has 0 radical (unpaired) electrons. The minimum atomic E-state index is 0.396. The topological polar surface area (TPSA) is 30.5 Å². The van der Waals surface area contributed by atoms with Crippen LogP contribution in [0.4, 0.5) is 0 Å². The first-order valence-corrected chi connectivity index (χ1v) is 8.10. The van der Waals surface area contributed by atoms with Crippen LogP contribution in [0.25, 0.3) is 0 Å². The summed E-state index contributed by atoms with van der Waals surface area (Å²) in [7, 11) is 1.69. The van der Waals surface area contributed by atoms with Crippen LogP contribution < -0.4 is 5.32 Å². The second kappa shape index (κ2) is 11.0. The molecule has 0 saturated carbocycles. The highest BCUT2D eigenvalue weighted by Gasteiger charge is 2.11. The molecule has 0 aliphatic heterocycles. The fourth-order valence-corrected chi connectivity index (χ4v) is 2.49. The van der Waals surface area contributed by atoms with Crippen LogP contribution in [0.1, 0.15) is 30.9 Å². The zero-order valence-electron chi connectivity index (χ0n) is 13.5. The Kier molecular flexibility index (Phi) is 9.68. The predicted molar refractivity (Wildman–Crippen MR) is 89.3 cm³/mol. The molecule has 3 nitrogen and oxygen atoms in total. The normalized spacial score (nSPS) is 12.6. The van der Waals surface area contributed by atoms with Gasteiger partial charge in [-0.25, -0.2) is 0 Å². The number of halogens is 1. The molecule has 0 bridgehead atoms. The van der Waals surface area contributed by atoms with E-state index in [1.54, 1.807) is 7.11 Å². The summed E-state index contributed by atoms with van der Waals surface area (Å²) < 4.78 is 10.6. The second-order valence-corrected chi connectivity index (χ2v) is 5.75. The molecule has 1 atom stereocenters. The van der Waals surface area contributed by atoms with Gasteiger partial charge in [-0.15, -0.1) is 0 Å². The first-order valence-electron chi connectivity index (χ1n) is 7.72. The molecule has 0 aliphatic carbocycles. The molecule has 1 aromatic rings. The minimum Gasteiger partial charge on any atom is -0.382 e. The highest BCUT2D eigenvalue weighted by molar-refractivity contribution is 6.31. The molecular weight excluding hydrogens is 286 g/mol. The largest absolute Gasteiger partial charge is 0.382 e. The molecule has 0 aromatic heterocycles. The van der Waals surface area contributed by atoms with Gasteiger partial charge in [-0.3, -0.25) is 0 Å². The van der Waals surface area contributed by atoms with Gasteiger partial charge in [0.05, 0.1) is 13.2 Å². The van der Waals surface area contributed by atoms with Crippen molar-refractivity contribution in [3.05, 3.63) is 34.3 Å². The van der Waals surface area contributed by atoms with E-state index in [1.165, 1.54) is 11.1 Å². The number of rotatable bonds is 11. The van der Waals surface area contributed by atoms with Crippen molar-refractivity contribution in [3.63, 3.8) is 0 Å². The van der Waals surface area contributed by atoms with Crippen molar-refractivity contribution in [3.8, 4) is 0 Å². The van der Waals surface area contributed by atoms with E-state index in [0.717, 1.165) is 37.4 Å². The zero-order chi connectivity index (χ0) is 15.5. The van der Waals surface area contributed by atoms with Gasteiger partial charge in [-0.1, -0.05) is 30.7 Å². The van der Waals surface area contributed by atoms with Crippen LogP contribution in [0, 0.1) is 6.92 Å². The smallest absolute Gasteiger partial charge is 0.0700 e. The number of methoxy groups -OCH3 is 1. The average molecular weight is 314 g/mol. The van der Waals surface area contributed by atoms with E-state index in [1.807, 2.05) is 6.07 Å². The third-order valence-electron chi connectivity index (χ3n) is 3.40. The van der Waals surface area contributed by atoms with Crippen molar-refractivity contribution in [1.29, 1.82) is 0 Å². The van der Waals surface area contributed by atoms with Crippen molar-refractivity contribution in [2.24, 2.45) is 0 Å². The maximum atomic E-state index is 6.33. The fraction of sp³-hybridized carbons (Fsp3) is 0.647. The van der Waals surface area contributed by atoms with Crippen LogP contribution in [0.2, 0.25) is 5.02 Å². The second-order valence-electron chi connectivity index (χ2n) is 5.34. The molecule has 0 saturated heterocycles. The molecule has 4 heteroatoms. The molecule has 0 spiro atoms. The van der Waals surface area contributed by atoms with Crippen LogP contribution in [-0.2, 0) is 15.9 Å². The van der Waals surface area contributed by atoms with Crippen molar-refractivity contribution in [2.75, 3.05) is 33.5 Å². The molecule has 120 valence electrons. The number of benzene rings is 1. The van der Waals surface area contributed by atoms with Gasteiger partial charge >= 0.3 is 0 Å². The molecule has 21 heavy (non-hydrogen) atoms. The highest BCUT2D eigenvalue weighted by Crippen LogP contribution is 2.19. The van der Waals surface area contributed by atoms with Gasteiger partial charge < -0.3 is 14.8 Å². The van der Waals surface area contributed by atoms with Gasteiger partial charge in [0.2, 0.25) is 0 Å². The first kappa shape index (κ1) is 18.4. The Morgan fingerprint density at radius 3 is 2.71 bits per heavy atom. The van der Waals surface area contributed by atoms with Crippen molar-refractivity contribution < 1.29 is 9.47 Å². The lowest BCUT2D eigenvalue weighted by molar-refractivity contribution is 0.0658. The Morgan fingerprint density at radius 1 is 1.24 bits per heavy atom. The first-order chi connectivity index (χ1) is 10.2. The van der Waals surface area contributed by atoms with Gasteiger partial charge in [-0.2, -0.15) is 0 Å². The third kappa shape index (κ3) is 7.82. The predicted octanol–water partition coefficient (Wildman–Crippen LogP) is 3.61. The Morgan fingerprint density at radius 2 is 2.05 bits per heavy atom. The van der Waals surface area contributed by atoms with Crippen LogP contribution in [0.15, 0.2) is 18.2 Å². The summed E-state index contributed by atoms with van der Waals surface area (Å²) in [5.74, 6) is 0. The van der Waals surface area contributed by atoms with E-state index < -0.39 is 0 Å². The molecular formula is C17H28ClNO2. The van der Waals surface area contributed by atoms with Crippen LogP contribution >= 0.6 is 11.6 Å². The average Bonchev–Trinajstić information content (AvgIpc) is 2.46. The van der Waals surface area contributed by atoms with E-state index in [2.05, 4.69) is 31.3 Å². The fourth-order valence-electron chi connectivity index (χ4n) is 2.18. The highest BCUT2D eigenvalue weighted by atomic mass is 35.5. The van der Waals surface area contributed by atoms with Gasteiger partial charge in [0.15, 0.2) is 0 Å². The third-order valence-corrected chi connectivity index (χ3v) is 3.75. The van der Waals surface area contributed by atoms with Gasteiger partial charge in [0.25, 0.3) is 0 Å². The number of hydrogen-bond acceptors (Lipinski definition) is 3. The van der Waals surface area contributed by atoms with Crippen molar-refractivity contribution >= 4 is 11.6 Å². The van der Waals surface area contributed by atoms with Crippen LogP contribution in [-0.4, -0.2) is 39.5 Å². The SMILES string of the molecule is CCCNC(CCOCCOC)Cc1ccc(C)cc1Cl. The quantitative estimate of drug-likeness (QED) is 0.633.